The number of nitrogens with two attached hydrogens (primary N) is 1. The fourth-order valence-corrected chi connectivity index (χ4v) is 2.14. The van der Waals surface area contributed by atoms with E-state index < -0.39 is 23.7 Å². The standard InChI is InChI=1S/C13H6F3N3O2/c14-13(15,16)12-18-4-8-6-2-1-5(11(17)21)3-7(6)10(20)9(8)19-12/h1-4H,(H2,17,21). The summed E-state index contributed by atoms with van der Waals surface area (Å²) in [4.78, 5) is 29.8. The third kappa shape index (κ3) is 1.95. The van der Waals surface area contributed by atoms with Crippen molar-refractivity contribution in [3.05, 3.63) is 47.0 Å². The van der Waals surface area contributed by atoms with Gasteiger partial charge in [0.15, 0.2) is 0 Å². The molecule has 0 spiro atoms. The van der Waals surface area contributed by atoms with Gasteiger partial charge in [0.1, 0.15) is 5.69 Å². The van der Waals surface area contributed by atoms with Gasteiger partial charge < -0.3 is 5.73 Å². The second kappa shape index (κ2) is 4.11. The Morgan fingerprint density at radius 2 is 1.86 bits per heavy atom. The van der Waals surface area contributed by atoms with Crippen LogP contribution in [0.25, 0.3) is 11.1 Å². The molecule has 1 aromatic carbocycles. The molecule has 0 saturated carbocycles. The van der Waals surface area contributed by atoms with Gasteiger partial charge in [-0.25, -0.2) is 9.97 Å². The summed E-state index contributed by atoms with van der Waals surface area (Å²) in [5.41, 5.74) is 5.57. The van der Waals surface area contributed by atoms with E-state index in [0.717, 1.165) is 6.20 Å². The van der Waals surface area contributed by atoms with E-state index in [9.17, 15) is 22.8 Å². The van der Waals surface area contributed by atoms with Gasteiger partial charge in [0, 0.05) is 22.9 Å². The second-order valence-electron chi connectivity index (χ2n) is 4.41. The first-order valence-electron chi connectivity index (χ1n) is 5.72. The topological polar surface area (TPSA) is 85.9 Å². The highest BCUT2D eigenvalue weighted by molar-refractivity contribution is 6.21. The fraction of sp³-hybridized carbons (Fsp3) is 0.0769. The molecule has 5 nitrogen and oxygen atoms in total. The minimum absolute atomic E-state index is 0.0925. The Kier molecular flexibility index (Phi) is 2.59. The summed E-state index contributed by atoms with van der Waals surface area (Å²) < 4.78 is 37.8. The average molecular weight is 293 g/mol. The van der Waals surface area contributed by atoms with E-state index in [0.29, 0.717) is 5.56 Å². The minimum Gasteiger partial charge on any atom is -0.366 e. The van der Waals surface area contributed by atoms with Crippen LogP contribution in [0.3, 0.4) is 0 Å². The summed E-state index contributed by atoms with van der Waals surface area (Å²) in [5.74, 6) is -2.79. The predicted octanol–water partition coefficient (Wildman–Crippen LogP) is 1.81. The molecule has 1 amide bonds. The zero-order valence-corrected chi connectivity index (χ0v) is 10.2. The summed E-state index contributed by atoms with van der Waals surface area (Å²) in [5, 5.41) is 0. The van der Waals surface area contributed by atoms with Crippen molar-refractivity contribution in [2.45, 2.75) is 6.18 Å². The molecule has 21 heavy (non-hydrogen) atoms. The van der Waals surface area contributed by atoms with Gasteiger partial charge in [-0.15, -0.1) is 0 Å². The number of carbonyl (C=O) groups is 2. The summed E-state index contributed by atoms with van der Waals surface area (Å²) in [6, 6.07) is 4.08. The Bertz CT molecular complexity index is 800. The lowest BCUT2D eigenvalue weighted by Crippen LogP contribution is -2.13. The van der Waals surface area contributed by atoms with Crippen LogP contribution < -0.4 is 5.73 Å². The van der Waals surface area contributed by atoms with Crippen molar-refractivity contribution in [3.63, 3.8) is 0 Å². The molecule has 2 aromatic rings. The number of nitrogens with zero attached hydrogens (tertiary/aromatic N) is 2. The quantitative estimate of drug-likeness (QED) is 0.741. The Morgan fingerprint density at radius 1 is 1.14 bits per heavy atom. The van der Waals surface area contributed by atoms with Crippen molar-refractivity contribution in [1.29, 1.82) is 0 Å². The van der Waals surface area contributed by atoms with Crippen molar-refractivity contribution < 1.29 is 22.8 Å². The number of aromatic nitrogens is 2. The monoisotopic (exact) mass is 293 g/mol. The van der Waals surface area contributed by atoms with E-state index in [4.69, 9.17) is 5.73 Å². The van der Waals surface area contributed by atoms with Gasteiger partial charge in [-0.1, -0.05) is 6.07 Å². The molecular formula is C13H6F3N3O2. The zero-order chi connectivity index (χ0) is 15.4. The predicted molar refractivity (Wildman–Crippen MR) is 64.4 cm³/mol. The van der Waals surface area contributed by atoms with Crippen LogP contribution in [-0.2, 0) is 6.18 Å². The van der Waals surface area contributed by atoms with Gasteiger partial charge in [-0.05, 0) is 17.7 Å². The van der Waals surface area contributed by atoms with Crippen LogP contribution in [0.15, 0.2) is 24.4 Å². The van der Waals surface area contributed by atoms with Crippen molar-refractivity contribution in [2.24, 2.45) is 5.73 Å². The lowest BCUT2D eigenvalue weighted by molar-refractivity contribution is -0.145. The van der Waals surface area contributed by atoms with Crippen molar-refractivity contribution >= 4 is 11.7 Å². The largest absolute Gasteiger partial charge is 0.451 e. The lowest BCUT2D eigenvalue weighted by atomic mass is 10.0. The maximum Gasteiger partial charge on any atom is 0.451 e. The Hall–Kier alpha value is -2.77. The van der Waals surface area contributed by atoms with Gasteiger partial charge in [0.05, 0.1) is 0 Å². The van der Waals surface area contributed by atoms with Gasteiger partial charge in [-0.3, -0.25) is 9.59 Å². The molecule has 106 valence electrons. The molecule has 3 rings (SSSR count). The number of alkyl halides is 3. The normalized spacial score (nSPS) is 13.0. The van der Waals surface area contributed by atoms with Gasteiger partial charge in [0.25, 0.3) is 0 Å². The Labute approximate surface area is 115 Å². The SMILES string of the molecule is NC(=O)c1ccc2c(c1)C(=O)c1nc(C(F)(F)F)ncc1-2. The number of fused-ring (bicyclic) bond motifs is 3. The first-order chi connectivity index (χ1) is 9.79. The van der Waals surface area contributed by atoms with E-state index in [-0.39, 0.29) is 22.4 Å². The minimum atomic E-state index is -4.73. The lowest BCUT2D eigenvalue weighted by Gasteiger charge is -2.05. The number of hydrogen-bond acceptors (Lipinski definition) is 4. The molecule has 1 heterocycles. The number of halogens is 3. The molecule has 0 aliphatic heterocycles. The van der Waals surface area contributed by atoms with Crippen molar-refractivity contribution in [2.75, 3.05) is 0 Å². The van der Waals surface area contributed by atoms with Crippen LogP contribution in [0.1, 0.15) is 32.2 Å². The molecular weight excluding hydrogens is 287 g/mol. The molecule has 8 heteroatoms. The molecule has 0 saturated heterocycles. The number of ketones is 1. The smallest absolute Gasteiger partial charge is 0.366 e. The van der Waals surface area contributed by atoms with Crippen LogP contribution in [0, 0.1) is 0 Å². The molecule has 1 aliphatic rings. The Morgan fingerprint density at radius 3 is 2.48 bits per heavy atom. The maximum absolute atomic E-state index is 12.6. The first-order valence-corrected chi connectivity index (χ1v) is 5.72. The van der Waals surface area contributed by atoms with E-state index >= 15 is 0 Å². The van der Waals surface area contributed by atoms with E-state index in [1.165, 1.54) is 18.2 Å². The summed E-state index contributed by atoms with van der Waals surface area (Å²) >= 11 is 0. The second-order valence-corrected chi connectivity index (χ2v) is 4.41. The van der Waals surface area contributed by atoms with E-state index in [1.807, 2.05) is 0 Å². The summed E-state index contributed by atoms with van der Waals surface area (Å²) in [6.07, 6.45) is -3.78. The van der Waals surface area contributed by atoms with Crippen LogP contribution >= 0.6 is 0 Å². The fourth-order valence-electron chi connectivity index (χ4n) is 2.14. The third-order valence-electron chi connectivity index (χ3n) is 3.10. The van der Waals surface area contributed by atoms with Crippen LogP contribution in [0.5, 0.6) is 0 Å². The number of hydrogen-bond donors (Lipinski definition) is 1. The van der Waals surface area contributed by atoms with Crippen LogP contribution in [0.2, 0.25) is 0 Å². The molecule has 1 aliphatic carbocycles. The number of rotatable bonds is 1. The molecule has 0 atom stereocenters. The number of carbonyl (C=O) groups excluding carboxylic acids is 2. The Balaban J connectivity index is 2.18. The summed E-state index contributed by atoms with van der Waals surface area (Å²) in [6.45, 7) is 0. The van der Waals surface area contributed by atoms with Crippen LogP contribution in [-0.4, -0.2) is 21.7 Å². The molecule has 0 unspecified atom stereocenters. The zero-order valence-electron chi connectivity index (χ0n) is 10.2. The van der Waals surface area contributed by atoms with Gasteiger partial charge >= 0.3 is 6.18 Å². The number of primary amides is 1. The molecule has 1 aromatic heterocycles. The third-order valence-corrected chi connectivity index (χ3v) is 3.10. The summed E-state index contributed by atoms with van der Waals surface area (Å²) in [7, 11) is 0. The highest BCUT2D eigenvalue weighted by Gasteiger charge is 2.38. The van der Waals surface area contributed by atoms with E-state index in [2.05, 4.69) is 9.97 Å². The molecule has 0 radical (unpaired) electrons. The molecule has 0 fully saturated rings. The number of benzene rings is 1. The van der Waals surface area contributed by atoms with Crippen molar-refractivity contribution in [1.82, 2.24) is 9.97 Å². The molecule has 2 N–H and O–H groups in total. The maximum atomic E-state index is 12.6. The number of amides is 1. The van der Waals surface area contributed by atoms with Crippen LogP contribution in [0.4, 0.5) is 13.2 Å². The highest BCUT2D eigenvalue weighted by atomic mass is 19.4. The average Bonchev–Trinajstić information content (AvgIpc) is 2.70. The first kappa shape index (κ1) is 13.2. The van der Waals surface area contributed by atoms with Crippen molar-refractivity contribution in [3.8, 4) is 11.1 Å². The van der Waals surface area contributed by atoms with Gasteiger partial charge in [-0.2, -0.15) is 13.2 Å². The highest BCUT2D eigenvalue weighted by Crippen LogP contribution is 2.37. The molecule has 0 bridgehead atoms. The van der Waals surface area contributed by atoms with E-state index in [1.54, 1.807) is 0 Å². The van der Waals surface area contributed by atoms with Gasteiger partial charge in [0.2, 0.25) is 17.5 Å².